The lowest BCUT2D eigenvalue weighted by atomic mass is 9.75. The van der Waals surface area contributed by atoms with Crippen molar-refractivity contribution in [2.75, 3.05) is 0 Å². The highest BCUT2D eigenvalue weighted by Crippen LogP contribution is 2.32. The second-order valence-corrected chi connectivity index (χ2v) is 6.62. The van der Waals surface area contributed by atoms with Gasteiger partial charge in [0.05, 0.1) is 6.04 Å². The molecule has 21 heavy (non-hydrogen) atoms. The van der Waals surface area contributed by atoms with Crippen molar-refractivity contribution in [3.63, 3.8) is 0 Å². The summed E-state index contributed by atoms with van der Waals surface area (Å²) in [5.74, 6) is 1.95. The smallest absolute Gasteiger partial charge is 0.222 e. The van der Waals surface area contributed by atoms with E-state index in [-0.39, 0.29) is 17.5 Å². The maximum absolute atomic E-state index is 12.1. The van der Waals surface area contributed by atoms with E-state index in [0.717, 1.165) is 50.3 Å². The monoisotopic (exact) mass is 291 g/mol. The predicted molar refractivity (Wildman–Crippen MR) is 79.5 cm³/mol. The van der Waals surface area contributed by atoms with Crippen LogP contribution in [-0.4, -0.2) is 26.2 Å². The van der Waals surface area contributed by atoms with Gasteiger partial charge in [-0.1, -0.05) is 6.42 Å². The number of carbonyl (C=O) groups is 1. The van der Waals surface area contributed by atoms with Gasteiger partial charge in [0.15, 0.2) is 5.82 Å². The van der Waals surface area contributed by atoms with Gasteiger partial charge in [-0.25, -0.2) is 0 Å². The van der Waals surface area contributed by atoms with Crippen LogP contribution in [0.15, 0.2) is 0 Å². The molecule has 0 radical (unpaired) electrons. The fraction of sp³-hybridized carbons (Fsp3) is 0.800. The molecule has 0 aromatic carbocycles. The van der Waals surface area contributed by atoms with Crippen LogP contribution in [-0.2, 0) is 17.8 Å². The van der Waals surface area contributed by atoms with E-state index in [9.17, 15) is 4.79 Å². The summed E-state index contributed by atoms with van der Waals surface area (Å²) in [5, 5.41) is 11.6. The largest absolute Gasteiger partial charge is 0.346 e. The fourth-order valence-electron chi connectivity index (χ4n) is 3.31. The van der Waals surface area contributed by atoms with Gasteiger partial charge in [-0.3, -0.25) is 4.79 Å². The van der Waals surface area contributed by atoms with E-state index in [1.54, 1.807) is 0 Å². The molecule has 2 heterocycles. The van der Waals surface area contributed by atoms with Crippen LogP contribution in [0.3, 0.4) is 0 Å². The molecule has 1 aromatic heterocycles. The standard InChI is InChI=1S/C15H25N5O/c1-11(17-13(21)10-15(16)7-5-8-15)14-19-18-12-6-3-2-4-9-20(12)14/h11H,2-10,16H2,1H3,(H,17,21). The summed E-state index contributed by atoms with van der Waals surface area (Å²) in [7, 11) is 0. The molecule has 0 saturated heterocycles. The minimum Gasteiger partial charge on any atom is -0.346 e. The second kappa shape index (κ2) is 5.75. The minimum absolute atomic E-state index is 0.0238. The molecule has 6 heteroatoms. The van der Waals surface area contributed by atoms with Crippen LogP contribution in [0.4, 0.5) is 0 Å². The van der Waals surface area contributed by atoms with Crippen molar-refractivity contribution in [2.24, 2.45) is 5.73 Å². The summed E-state index contributed by atoms with van der Waals surface area (Å²) in [6, 6.07) is -0.111. The van der Waals surface area contributed by atoms with Gasteiger partial charge >= 0.3 is 0 Å². The third-order valence-electron chi connectivity index (χ3n) is 4.76. The number of nitrogens with one attached hydrogen (secondary N) is 1. The number of hydrogen-bond acceptors (Lipinski definition) is 4. The molecule has 0 spiro atoms. The summed E-state index contributed by atoms with van der Waals surface area (Å²) in [6.45, 7) is 2.93. The van der Waals surface area contributed by atoms with Crippen LogP contribution in [0.25, 0.3) is 0 Å². The number of nitrogens with zero attached hydrogens (tertiary/aromatic N) is 3. The predicted octanol–water partition coefficient (Wildman–Crippen LogP) is 1.45. The molecule has 3 N–H and O–H groups in total. The van der Waals surface area contributed by atoms with Crippen molar-refractivity contribution in [3.05, 3.63) is 11.6 Å². The molecule has 1 atom stereocenters. The molecular formula is C15H25N5O. The Morgan fingerprint density at radius 2 is 2.14 bits per heavy atom. The van der Waals surface area contributed by atoms with E-state index in [4.69, 9.17) is 5.73 Å². The number of fused-ring (bicyclic) bond motifs is 1. The molecule has 116 valence electrons. The molecule has 3 rings (SSSR count). The number of amides is 1. The maximum Gasteiger partial charge on any atom is 0.222 e. The van der Waals surface area contributed by atoms with Crippen molar-refractivity contribution >= 4 is 5.91 Å². The van der Waals surface area contributed by atoms with E-state index in [2.05, 4.69) is 20.1 Å². The van der Waals surface area contributed by atoms with E-state index in [1.807, 2.05) is 6.92 Å². The zero-order valence-electron chi connectivity index (χ0n) is 12.8. The van der Waals surface area contributed by atoms with Crippen molar-refractivity contribution < 1.29 is 4.79 Å². The number of rotatable bonds is 4. The van der Waals surface area contributed by atoms with E-state index in [0.29, 0.717) is 6.42 Å². The van der Waals surface area contributed by atoms with Crippen LogP contribution in [0.1, 0.15) is 69.6 Å². The van der Waals surface area contributed by atoms with Gasteiger partial charge in [-0.15, -0.1) is 10.2 Å². The SMILES string of the molecule is CC(NC(=O)CC1(N)CCC1)c1nnc2n1CCCCC2. The van der Waals surface area contributed by atoms with E-state index < -0.39 is 0 Å². The van der Waals surface area contributed by atoms with Crippen LogP contribution in [0.5, 0.6) is 0 Å². The van der Waals surface area contributed by atoms with Gasteiger partial charge in [0.1, 0.15) is 5.82 Å². The number of aromatic nitrogens is 3. The van der Waals surface area contributed by atoms with Crippen LogP contribution >= 0.6 is 0 Å². The van der Waals surface area contributed by atoms with E-state index in [1.165, 1.54) is 12.8 Å². The van der Waals surface area contributed by atoms with Gasteiger partial charge in [0, 0.05) is 24.9 Å². The Morgan fingerprint density at radius 3 is 2.86 bits per heavy atom. The molecule has 1 aliphatic carbocycles. The highest BCUT2D eigenvalue weighted by Gasteiger charge is 2.35. The maximum atomic E-state index is 12.1. The summed E-state index contributed by atoms with van der Waals surface area (Å²) in [5.41, 5.74) is 5.86. The zero-order chi connectivity index (χ0) is 14.9. The lowest BCUT2D eigenvalue weighted by Gasteiger charge is -2.37. The third kappa shape index (κ3) is 3.10. The summed E-state index contributed by atoms with van der Waals surface area (Å²) < 4.78 is 2.18. The zero-order valence-corrected chi connectivity index (χ0v) is 12.8. The third-order valence-corrected chi connectivity index (χ3v) is 4.76. The molecule has 1 fully saturated rings. The molecule has 1 saturated carbocycles. The molecule has 0 bridgehead atoms. The molecular weight excluding hydrogens is 266 g/mol. The normalized spacial score (nSPS) is 21.8. The van der Waals surface area contributed by atoms with Gasteiger partial charge < -0.3 is 15.6 Å². The first-order chi connectivity index (χ1) is 10.1. The molecule has 1 amide bonds. The van der Waals surface area contributed by atoms with Gasteiger partial charge in [-0.05, 0) is 39.0 Å². The molecule has 6 nitrogen and oxygen atoms in total. The highest BCUT2D eigenvalue weighted by molar-refractivity contribution is 5.77. The second-order valence-electron chi connectivity index (χ2n) is 6.62. The van der Waals surface area contributed by atoms with Gasteiger partial charge in [0.25, 0.3) is 0 Å². The molecule has 1 aromatic rings. The van der Waals surface area contributed by atoms with Crippen LogP contribution in [0, 0.1) is 0 Å². The Labute approximate surface area is 125 Å². The Bertz CT molecular complexity index is 520. The first-order valence-corrected chi connectivity index (χ1v) is 8.08. The number of hydrogen-bond donors (Lipinski definition) is 2. The van der Waals surface area contributed by atoms with Crippen LogP contribution < -0.4 is 11.1 Å². The highest BCUT2D eigenvalue weighted by atomic mass is 16.1. The Hall–Kier alpha value is -1.43. The van der Waals surface area contributed by atoms with Gasteiger partial charge in [-0.2, -0.15) is 0 Å². The van der Waals surface area contributed by atoms with Crippen molar-refractivity contribution in [1.82, 2.24) is 20.1 Å². The minimum atomic E-state index is -0.272. The summed E-state index contributed by atoms with van der Waals surface area (Å²) in [6.07, 6.45) is 8.01. The molecule has 1 unspecified atom stereocenters. The fourth-order valence-corrected chi connectivity index (χ4v) is 3.31. The average molecular weight is 291 g/mol. The van der Waals surface area contributed by atoms with E-state index >= 15 is 0 Å². The lowest BCUT2D eigenvalue weighted by Crippen LogP contribution is -2.50. The topological polar surface area (TPSA) is 85.8 Å². The Kier molecular flexibility index (Phi) is 3.97. The van der Waals surface area contributed by atoms with Crippen molar-refractivity contribution in [3.8, 4) is 0 Å². The summed E-state index contributed by atoms with van der Waals surface area (Å²) >= 11 is 0. The number of carbonyl (C=O) groups excluding carboxylic acids is 1. The Balaban J connectivity index is 1.64. The quantitative estimate of drug-likeness (QED) is 0.879. The average Bonchev–Trinajstić information content (AvgIpc) is 2.66. The first kappa shape index (κ1) is 14.5. The number of nitrogens with two attached hydrogens (primary N) is 1. The number of aryl methyl sites for hydroxylation is 1. The first-order valence-electron chi connectivity index (χ1n) is 8.08. The molecule has 2 aliphatic rings. The van der Waals surface area contributed by atoms with Gasteiger partial charge in [0.2, 0.25) is 5.91 Å². The Morgan fingerprint density at radius 1 is 1.33 bits per heavy atom. The summed E-state index contributed by atoms with van der Waals surface area (Å²) in [4.78, 5) is 12.1. The van der Waals surface area contributed by atoms with Crippen molar-refractivity contribution in [2.45, 2.75) is 76.4 Å². The molecule has 1 aliphatic heterocycles. The van der Waals surface area contributed by atoms with Crippen LogP contribution in [0.2, 0.25) is 0 Å². The van der Waals surface area contributed by atoms with Crippen molar-refractivity contribution in [1.29, 1.82) is 0 Å². The lowest BCUT2D eigenvalue weighted by molar-refractivity contribution is -0.123.